The molecule has 0 radical (unpaired) electrons. The predicted molar refractivity (Wildman–Crippen MR) is 95.5 cm³/mol. The smallest absolute Gasteiger partial charge is 0.410 e. The van der Waals surface area contributed by atoms with Crippen molar-refractivity contribution in [2.75, 3.05) is 6.54 Å². The molecule has 0 bridgehead atoms. The lowest BCUT2D eigenvalue weighted by Crippen LogP contribution is -2.45. The highest BCUT2D eigenvalue weighted by molar-refractivity contribution is 5.69. The molecule has 1 amide bonds. The summed E-state index contributed by atoms with van der Waals surface area (Å²) in [7, 11) is 0. The Bertz CT molecular complexity index is 551. The Morgan fingerprint density at radius 1 is 1.46 bits per heavy atom. The highest BCUT2D eigenvalue weighted by Gasteiger charge is 2.42. The van der Waals surface area contributed by atoms with Crippen LogP contribution in [0.3, 0.4) is 0 Å². The van der Waals surface area contributed by atoms with Crippen LogP contribution in [0.2, 0.25) is 0 Å². The largest absolute Gasteiger partial charge is 0.444 e. The Labute approximate surface area is 145 Å². The molecule has 5 heteroatoms. The molecular weight excluding hydrogens is 302 g/mol. The van der Waals surface area contributed by atoms with Crippen LogP contribution in [0.15, 0.2) is 24.4 Å². The van der Waals surface area contributed by atoms with Crippen molar-refractivity contribution in [1.82, 2.24) is 9.88 Å². The van der Waals surface area contributed by atoms with Gasteiger partial charge >= 0.3 is 6.09 Å². The third-order valence-corrected chi connectivity index (χ3v) is 4.53. The van der Waals surface area contributed by atoms with Gasteiger partial charge in [0.2, 0.25) is 0 Å². The fourth-order valence-corrected chi connectivity index (χ4v) is 3.38. The van der Waals surface area contributed by atoms with Crippen LogP contribution in [0.4, 0.5) is 4.79 Å². The summed E-state index contributed by atoms with van der Waals surface area (Å²) in [4.78, 5) is 18.6. The van der Waals surface area contributed by atoms with E-state index in [0.717, 1.165) is 31.5 Å². The van der Waals surface area contributed by atoms with Crippen molar-refractivity contribution >= 4 is 6.09 Å². The lowest BCUT2D eigenvalue weighted by molar-refractivity contribution is 0.0131. The third-order valence-electron chi connectivity index (χ3n) is 4.53. The van der Waals surface area contributed by atoms with E-state index in [2.05, 4.69) is 18.8 Å². The van der Waals surface area contributed by atoms with Gasteiger partial charge in [0.05, 0.1) is 5.69 Å². The number of amides is 1. The number of aromatic nitrogens is 1. The predicted octanol–water partition coefficient (Wildman–Crippen LogP) is 3.90. The standard InChI is InChI=1S/C19H31N3O2/c1-18(2,3)24-17(23)22-13-14(12-19(22,4)5)9-10-15(20)16-8-6-7-11-21-16/h6-8,11,14-15H,9-10,12-13,20H2,1-5H3/t14-,15?/m0/s1. The molecule has 0 aliphatic carbocycles. The molecule has 5 nitrogen and oxygen atoms in total. The van der Waals surface area contributed by atoms with Gasteiger partial charge in [0.25, 0.3) is 0 Å². The second-order valence-corrected chi connectivity index (χ2v) is 8.41. The zero-order chi connectivity index (χ0) is 18.0. The molecule has 1 unspecified atom stereocenters. The summed E-state index contributed by atoms with van der Waals surface area (Å²) in [5.74, 6) is 0.447. The van der Waals surface area contributed by atoms with Crippen molar-refractivity contribution < 1.29 is 9.53 Å². The van der Waals surface area contributed by atoms with E-state index in [1.807, 2.05) is 43.9 Å². The van der Waals surface area contributed by atoms with Gasteiger partial charge < -0.3 is 15.4 Å². The minimum Gasteiger partial charge on any atom is -0.444 e. The van der Waals surface area contributed by atoms with E-state index in [1.165, 1.54) is 0 Å². The quantitative estimate of drug-likeness (QED) is 0.907. The summed E-state index contributed by atoms with van der Waals surface area (Å²) in [6.45, 7) is 10.6. The minimum absolute atomic E-state index is 0.0510. The molecule has 134 valence electrons. The molecule has 1 fully saturated rings. The average Bonchev–Trinajstić information content (AvgIpc) is 2.79. The van der Waals surface area contributed by atoms with E-state index in [0.29, 0.717) is 5.92 Å². The molecule has 1 aliphatic heterocycles. The number of hydrogen-bond acceptors (Lipinski definition) is 4. The SMILES string of the molecule is CC(C)(C)OC(=O)N1C[C@@H](CCC(N)c2ccccn2)CC1(C)C. The topological polar surface area (TPSA) is 68.5 Å². The Kier molecular flexibility index (Phi) is 5.53. The average molecular weight is 333 g/mol. The van der Waals surface area contributed by atoms with Gasteiger partial charge in [0.1, 0.15) is 5.60 Å². The van der Waals surface area contributed by atoms with Gasteiger partial charge in [0.15, 0.2) is 0 Å². The summed E-state index contributed by atoms with van der Waals surface area (Å²) in [6.07, 6.45) is 4.39. The van der Waals surface area contributed by atoms with Gasteiger partial charge in [-0.15, -0.1) is 0 Å². The number of carbonyl (C=O) groups is 1. The number of rotatable bonds is 4. The summed E-state index contributed by atoms with van der Waals surface area (Å²) in [6, 6.07) is 5.78. The molecule has 1 aromatic rings. The molecule has 2 N–H and O–H groups in total. The number of ether oxygens (including phenoxy) is 1. The van der Waals surface area contributed by atoms with Crippen molar-refractivity contribution in [2.24, 2.45) is 11.7 Å². The van der Waals surface area contributed by atoms with Crippen molar-refractivity contribution in [3.8, 4) is 0 Å². The van der Waals surface area contributed by atoms with Crippen LogP contribution < -0.4 is 5.73 Å². The van der Waals surface area contributed by atoms with E-state index >= 15 is 0 Å². The fourth-order valence-electron chi connectivity index (χ4n) is 3.38. The van der Waals surface area contributed by atoms with Crippen molar-refractivity contribution in [2.45, 2.75) is 71.1 Å². The first-order valence-electron chi connectivity index (χ1n) is 8.75. The van der Waals surface area contributed by atoms with Crippen LogP contribution >= 0.6 is 0 Å². The maximum absolute atomic E-state index is 12.5. The Hall–Kier alpha value is -1.62. The lowest BCUT2D eigenvalue weighted by atomic mass is 9.91. The van der Waals surface area contributed by atoms with Crippen molar-refractivity contribution in [3.05, 3.63) is 30.1 Å². The molecule has 0 aromatic carbocycles. The minimum atomic E-state index is -0.466. The first-order valence-corrected chi connectivity index (χ1v) is 8.75. The van der Waals surface area contributed by atoms with Crippen LogP contribution in [0, 0.1) is 5.92 Å². The summed E-state index contributed by atoms with van der Waals surface area (Å²) < 4.78 is 5.55. The second kappa shape index (κ2) is 7.09. The van der Waals surface area contributed by atoms with E-state index in [1.54, 1.807) is 6.20 Å². The van der Waals surface area contributed by atoms with E-state index in [9.17, 15) is 4.79 Å². The number of hydrogen-bond donors (Lipinski definition) is 1. The summed E-state index contributed by atoms with van der Waals surface area (Å²) in [5.41, 5.74) is 6.54. The number of nitrogens with two attached hydrogens (primary N) is 1. The summed E-state index contributed by atoms with van der Waals surface area (Å²) in [5, 5.41) is 0. The van der Waals surface area contributed by atoms with Gasteiger partial charge in [-0.05, 0) is 71.9 Å². The molecular formula is C19H31N3O2. The first-order chi connectivity index (χ1) is 11.1. The molecule has 1 saturated heterocycles. The number of likely N-dealkylation sites (tertiary alicyclic amines) is 1. The molecule has 0 saturated carbocycles. The Morgan fingerprint density at radius 2 is 2.17 bits per heavy atom. The Morgan fingerprint density at radius 3 is 2.75 bits per heavy atom. The summed E-state index contributed by atoms with van der Waals surface area (Å²) >= 11 is 0. The highest BCUT2D eigenvalue weighted by atomic mass is 16.6. The highest BCUT2D eigenvalue weighted by Crippen LogP contribution is 2.36. The second-order valence-electron chi connectivity index (χ2n) is 8.41. The van der Waals surface area contributed by atoms with E-state index in [4.69, 9.17) is 10.5 Å². The molecule has 0 spiro atoms. The van der Waals surface area contributed by atoms with Crippen molar-refractivity contribution in [3.63, 3.8) is 0 Å². The maximum atomic E-state index is 12.5. The van der Waals surface area contributed by atoms with E-state index < -0.39 is 5.60 Å². The fraction of sp³-hybridized carbons (Fsp3) is 0.684. The molecule has 1 aromatic heterocycles. The van der Waals surface area contributed by atoms with Crippen LogP contribution in [-0.2, 0) is 4.74 Å². The van der Waals surface area contributed by atoms with Gasteiger partial charge in [-0.2, -0.15) is 0 Å². The van der Waals surface area contributed by atoms with Crippen LogP contribution in [0.5, 0.6) is 0 Å². The van der Waals surface area contributed by atoms with Gasteiger partial charge in [-0.3, -0.25) is 4.98 Å². The maximum Gasteiger partial charge on any atom is 0.410 e. The molecule has 1 aliphatic rings. The number of nitrogens with zero attached hydrogens (tertiary/aromatic N) is 2. The molecule has 24 heavy (non-hydrogen) atoms. The van der Waals surface area contributed by atoms with Crippen LogP contribution in [0.1, 0.15) is 65.6 Å². The molecule has 2 rings (SSSR count). The normalized spacial score (nSPS) is 21.6. The van der Waals surface area contributed by atoms with Gasteiger partial charge in [0, 0.05) is 24.3 Å². The number of carbonyl (C=O) groups excluding carboxylic acids is 1. The molecule has 2 atom stereocenters. The van der Waals surface area contributed by atoms with Crippen molar-refractivity contribution in [1.29, 1.82) is 0 Å². The Balaban J connectivity index is 1.91. The number of pyridine rings is 1. The molecule has 2 heterocycles. The van der Waals surface area contributed by atoms with Crippen LogP contribution in [0.25, 0.3) is 0 Å². The van der Waals surface area contributed by atoms with Gasteiger partial charge in [-0.1, -0.05) is 6.07 Å². The first kappa shape index (κ1) is 18.7. The van der Waals surface area contributed by atoms with Gasteiger partial charge in [-0.25, -0.2) is 4.79 Å². The monoisotopic (exact) mass is 333 g/mol. The zero-order valence-corrected chi connectivity index (χ0v) is 15.6. The zero-order valence-electron chi connectivity index (χ0n) is 15.6. The van der Waals surface area contributed by atoms with Crippen LogP contribution in [-0.4, -0.2) is 33.7 Å². The third kappa shape index (κ3) is 4.94. The lowest BCUT2D eigenvalue weighted by Gasteiger charge is -2.33. The van der Waals surface area contributed by atoms with E-state index in [-0.39, 0.29) is 17.7 Å².